The van der Waals surface area contributed by atoms with Crippen molar-refractivity contribution >= 4 is 6.09 Å². The van der Waals surface area contributed by atoms with Crippen LogP contribution < -0.4 is 10.4 Å². The Morgan fingerprint density at radius 3 is 2.57 bits per heavy atom. The van der Waals surface area contributed by atoms with Gasteiger partial charge >= 0.3 is 0 Å². The summed E-state index contributed by atoms with van der Waals surface area (Å²) in [5, 5.41) is 13.6. The summed E-state index contributed by atoms with van der Waals surface area (Å²) in [7, 11) is 0. The fourth-order valence-corrected chi connectivity index (χ4v) is 3.10. The Kier molecular flexibility index (Phi) is 3.64. The van der Waals surface area contributed by atoms with Gasteiger partial charge in [0.1, 0.15) is 11.9 Å². The van der Waals surface area contributed by atoms with Gasteiger partial charge in [-0.15, -0.1) is 0 Å². The number of hydrogen-bond acceptors (Lipinski definition) is 3. The highest BCUT2D eigenvalue weighted by Crippen LogP contribution is 2.36. The summed E-state index contributed by atoms with van der Waals surface area (Å²) in [5.74, 6) is 0.685. The minimum atomic E-state index is -1.24. The first kappa shape index (κ1) is 13.7. The van der Waals surface area contributed by atoms with Gasteiger partial charge in [-0.05, 0) is 18.4 Å². The SMILES string of the molecule is O=C([O-])NC1(c2ncc(-c3ccccc3)[nH]2)CCCCC1. The first-order valence-electron chi connectivity index (χ1n) is 7.30. The molecule has 1 fully saturated rings. The maximum absolute atomic E-state index is 11.1. The summed E-state index contributed by atoms with van der Waals surface area (Å²) < 4.78 is 0. The van der Waals surface area contributed by atoms with Gasteiger partial charge < -0.3 is 20.2 Å². The van der Waals surface area contributed by atoms with Crippen molar-refractivity contribution in [1.29, 1.82) is 0 Å². The Morgan fingerprint density at radius 1 is 1.19 bits per heavy atom. The number of imidazole rings is 1. The van der Waals surface area contributed by atoms with Crippen LogP contribution in [0.2, 0.25) is 0 Å². The predicted molar refractivity (Wildman–Crippen MR) is 77.3 cm³/mol. The molecule has 0 aliphatic heterocycles. The molecule has 0 radical (unpaired) electrons. The average Bonchev–Trinajstić information content (AvgIpc) is 2.99. The fraction of sp³-hybridized carbons (Fsp3) is 0.375. The molecule has 110 valence electrons. The number of carboxylic acid groups (broad SMARTS) is 1. The molecule has 0 atom stereocenters. The molecule has 0 spiro atoms. The summed E-state index contributed by atoms with van der Waals surface area (Å²) in [6.45, 7) is 0. The zero-order valence-corrected chi connectivity index (χ0v) is 11.8. The van der Waals surface area contributed by atoms with E-state index < -0.39 is 11.6 Å². The molecule has 5 nitrogen and oxygen atoms in total. The van der Waals surface area contributed by atoms with Gasteiger partial charge in [-0.2, -0.15) is 0 Å². The number of aromatic nitrogens is 2. The Balaban J connectivity index is 1.93. The van der Waals surface area contributed by atoms with Gasteiger partial charge in [-0.3, -0.25) is 0 Å². The molecule has 3 rings (SSSR count). The molecule has 1 amide bonds. The van der Waals surface area contributed by atoms with E-state index in [1.807, 2.05) is 30.3 Å². The minimum absolute atomic E-state index is 0.635. The van der Waals surface area contributed by atoms with Crippen molar-refractivity contribution in [3.63, 3.8) is 0 Å². The van der Waals surface area contributed by atoms with Crippen LogP contribution >= 0.6 is 0 Å². The summed E-state index contributed by atoms with van der Waals surface area (Å²) in [5.41, 5.74) is 1.30. The number of carbonyl (C=O) groups is 1. The Bertz CT molecular complexity index is 615. The van der Waals surface area contributed by atoms with Gasteiger partial charge in [-0.25, -0.2) is 4.98 Å². The van der Waals surface area contributed by atoms with E-state index >= 15 is 0 Å². The van der Waals surface area contributed by atoms with E-state index in [1.165, 1.54) is 0 Å². The fourth-order valence-electron chi connectivity index (χ4n) is 3.10. The summed E-state index contributed by atoms with van der Waals surface area (Å²) in [4.78, 5) is 18.8. The van der Waals surface area contributed by atoms with E-state index in [0.29, 0.717) is 5.82 Å². The molecule has 2 aromatic rings. The van der Waals surface area contributed by atoms with E-state index in [1.54, 1.807) is 6.20 Å². The summed E-state index contributed by atoms with van der Waals surface area (Å²) >= 11 is 0. The third-order valence-electron chi connectivity index (χ3n) is 4.16. The van der Waals surface area contributed by atoms with E-state index in [0.717, 1.165) is 43.4 Å². The predicted octanol–water partition coefficient (Wildman–Crippen LogP) is 2.17. The van der Waals surface area contributed by atoms with Crippen molar-refractivity contribution in [2.24, 2.45) is 0 Å². The highest BCUT2D eigenvalue weighted by atomic mass is 16.4. The summed E-state index contributed by atoms with van der Waals surface area (Å²) in [6.07, 6.45) is 5.13. The molecular formula is C16H18N3O2-. The lowest BCUT2D eigenvalue weighted by Crippen LogP contribution is -2.52. The maximum Gasteiger partial charge on any atom is 0.134 e. The number of rotatable bonds is 3. The maximum atomic E-state index is 11.1. The molecule has 5 heteroatoms. The highest BCUT2D eigenvalue weighted by molar-refractivity contribution is 5.64. The average molecular weight is 284 g/mol. The molecule has 0 unspecified atom stereocenters. The van der Waals surface area contributed by atoms with Crippen LogP contribution in [0.3, 0.4) is 0 Å². The van der Waals surface area contributed by atoms with Crippen molar-refractivity contribution in [1.82, 2.24) is 15.3 Å². The number of nitrogens with one attached hydrogen (secondary N) is 2. The van der Waals surface area contributed by atoms with Gasteiger partial charge in [0.2, 0.25) is 0 Å². The largest absolute Gasteiger partial charge is 0.530 e. The van der Waals surface area contributed by atoms with Crippen LogP contribution in [-0.4, -0.2) is 16.1 Å². The molecule has 1 aliphatic carbocycles. The zero-order valence-electron chi connectivity index (χ0n) is 11.8. The van der Waals surface area contributed by atoms with Gasteiger partial charge in [0, 0.05) is 0 Å². The lowest BCUT2D eigenvalue weighted by molar-refractivity contribution is -0.253. The molecule has 2 N–H and O–H groups in total. The first-order chi connectivity index (χ1) is 10.2. The lowest BCUT2D eigenvalue weighted by atomic mass is 9.81. The summed E-state index contributed by atoms with van der Waals surface area (Å²) in [6, 6.07) is 9.88. The number of amides is 1. The normalized spacial score (nSPS) is 17.3. The molecule has 1 aliphatic rings. The molecule has 0 bridgehead atoms. The van der Waals surface area contributed by atoms with Gasteiger partial charge in [-0.1, -0.05) is 49.6 Å². The van der Waals surface area contributed by atoms with E-state index in [2.05, 4.69) is 15.3 Å². The quantitative estimate of drug-likeness (QED) is 0.906. The highest BCUT2D eigenvalue weighted by Gasteiger charge is 2.36. The van der Waals surface area contributed by atoms with Crippen LogP contribution in [0.25, 0.3) is 11.3 Å². The van der Waals surface area contributed by atoms with E-state index in [4.69, 9.17) is 0 Å². The van der Waals surface area contributed by atoms with E-state index in [9.17, 15) is 9.90 Å². The van der Waals surface area contributed by atoms with Crippen LogP contribution in [0.1, 0.15) is 37.9 Å². The molecular weight excluding hydrogens is 266 g/mol. The lowest BCUT2D eigenvalue weighted by Gasteiger charge is -2.37. The van der Waals surface area contributed by atoms with Crippen molar-refractivity contribution < 1.29 is 9.90 Å². The number of carbonyl (C=O) groups excluding carboxylic acids is 1. The van der Waals surface area contributed by atoms with Crippen molar-refractivity contribution in [2.45, 2.75) is 37.6 Å². The molecule has 1 aromatic heterocycles. The van der Waals surface area contributed by atoms with Crippen LogP contribution in [0.4, 0.5) is 4.79 Å². The topological polar surface area (TPSA) is 80.8 Å². The van der Waals surface area contributed by atoms with Crippen LogP contribution in [0.15, 0.2) is 36.5 Å². The second kappa shape index (κ2) is 5.60. The number of H-pyrrole nitrogens is 1. The van der Waals surface area contributed by atoms with Gasteiger partial charge in [0.05, 0.1) is 17.4 Å². The van der Waals surface area contributed by atoms with E-state index in [-0.39, 0.29) is 0 Å². The molecule has 1 saturated carbocycles. The van der Waals surface area contributed by atoms with Crippen molar-refractivity contribution in [3.8, 4) is 11.3 Å². The first-order valence-corrected chi connectivity index (χ1v) is 7.30. The Labute approximate surface area is 123 Å². The third-order valence-corrected chi connectivity index (χ3v) is 4.16. The standard InChI is InChI=1S/C16H19N3O2/c20-15(21)19-16(9-5-2-6-10-16)14-17-11-13(18-14)12-7-3-1-4-8-12/h1,3-4,7-8,11,19H,2,5-6,9-10H2,(H,17,18)(H,20,21)/p-1. The second-order valence-corrected chi connectivity index (χ2v) is 5.57. The Hall–Kier alpha value is -2.30. The molecule has 1 heterocycles. The Morgan fingerprint density at radius 2 is 1.90 bits per heavy atom. The smallest absolute Gasteiger partial charge is 0.134 e. The molecule has 21 heavy (non-hydrogen) atoms. The van der Waals surface area contributed by atoms with Crippen molar-refractivity contribution in [3.05, 3.63) is 42.4 Å². The molecule has 0 saturated heterocycles. The van der Waals surface area contributed by atoms with Crippen LogP contribution in [0, 0.1) is 0 Å². The number of nitrogens with zero attached hydrogens (tertiary/aromatic N) is 1. The minimum Gasteiger partial charge on any atom is -0.530 e. The monoisotopic (exact) mass is 284 g/mol. The second-order valence-electron chi connectivity index (χ2n) is 5.57. The third kappa shape index (κ3) is 2.77. The number of aromatic amines is 1. The van der Waals surface area contributed by atoms with Crippen LogP contribution in [0.5, 0.6) is 0 Å². The van der Waals surface area contributed by atoms with Crippen LogP contribution in [-0.2, 0) is 5.54 Å². The van der Waals surface area contributed by atoms with Gasteiger partial charge in [0.15, 0.2) is 0 Å². The number of benzene rings is 1. The van der Waals surface area contributed by atoms with Gasteiger partial charge in [0.25, 0.3) is 0 Å². The zero-order chi connectivity index (χ0) is 14.7. The van der Waals surface area contributed by atoms with Crippen molar-refractivity contribution in [2.75, 3.05) is 0 Å². The molecule has 1 aromatic carbocycles. The number of hydrogen-bond donors (Lipinski definition) is 2.